The van der Waals surface area contributed by atoms with Gasteiger partial charge in [-0.05, 0) is 30.8 Å². The maximum absolute atomic E-state index is 11.3. The SMILES string of the molecule is CCN(Cc1ccc(C(=O)NN)cn1)Cc1ccco1. The van der Waals surface area contributed by atoms with Crippen LogP contribution >= 0.6 is 0 Å². The lowest BCUT2D eigenvalue weighted by molar-refractivity contribution is 0.0953. The van der Waals surface area contributed by atoms with Gasteiger partial charge in [-0.1, -0.05) is 6.92 Å². The second-order valence-corrected chi connectivity index (χ2v) is 4.39. The van der Waals surface area contributed by atoms with E-state index in [2.05, 4.69) is 22.2 Å². The predicted octanol–water partition coefficient (Wildman–Crippen LogP) is 1.30. The molecule has 0 unspecified atom stereocenters. The van der Waals surface area contributed by atoms with Crippen LogP contribution in [0.5, 0.6) is 0 Å². The Balaban J connectivity index is 1.98. The van der Waals surface area contributed by atoms with E-state index in [1.54, 1.807) is 12.3 Å². The minimum Gasteiger partial charge on any atom is -0.468 e. The van der Waals surface area contributed by atoms with Gasteiger partial charge in [0, 0.05) is 12.7 Å². The Kier molecular flexibility index (Phi) is 4.86. The number of nitrogen functional groups attached to an aromatic ring is 1. The zero-order valence-corrected chi connectivity index (χ0v) is 11.4. The molecule has 0 aromatic carbocycles. The quantitative estimate of drug-likeness (QED) is 0.471. The number of carbonyl (C=O) groups is 1. The van der Waals surface area contributed by atoms with Crippen LogP contribution in [0.15, 0.2) is 41.1 Å². The van der Waals surface area contributed by atoms with E-state index in [-0.39, 0.29) is 5.91 Å². The van der Waals surface area contributed by atoms with Crippen molar-refractivity contribution in [3.05, 3.63) is 53.7 Å². The second kappa shape index (κ2) is 6.83. The number of rotatable bonds is 6. The van der Waals surface area contributed by atoms with Crippen molar-refractivity contribution < 1.29 is 9.21 Å². The summed E-state index contributed by atoms with van der Waals surface area (Å²) >= 11 is 0. The molecule has 0 atom stereocenters. The summed E-state index contributed by atoms with van der Waals surface area (Å²) in [7, 11) is 0. The standard InChI is InChI=1S/C14H18N4O2/c1-2-18(10-13-4-3-7-20-13)9-12-6-5-11(8-16-12)14(19)17-15/h3-8H,2,9-10,15H2,1H3,(H,17,19). The molecule has 20 heavy (non-hydrogen) atoms. The van der Waals surface area contributed by atoms with Gasteiger partial charge < -0.3 is 4.42 Å². The number of hydrogen-bond acceptors (Lipinski definition) is 5. The van der Waals surface area contributed by atoms with E-state index in [9.17, 15) is 4.79 Å². The molecule has 0 spiro atoms. The molecule has 2 aromatic rings. The minimum absolute atomic E-state index is 0.341. The summed E-state index contributed by atoms with van der Waals surface area (Å²) in [6.45, 7) is 4.39. The predicted molar refractivity (Wildman–Crippen MR) is 74.4 cm³/mol. The average Bonchev–Trinajstić information content (AvgIpc) is 2.99. The Hall–Kier alpha value is -2.18. The van der Waals surface area contributed by atoms with E-state index < -0.39 is 0 Å². The first-order valence-electron chi connectivity index (χ1n) is 6.43. The molecule has 2 heterocycles. The molecule has 0 bridgehead atoms. The van der Waals surface area contributed by atoms with Gasteiger partial charge in [0.1, 0.15) is 5.76 Å². The summed E-state index contributed by atoms with van der Waals surface area (Å²) < 4.78 is 5.34. The molecule has 6 heteroatoms. The number of hydrazine groups is 1. The third-order valence-electron chi connectivity index (χ3n) is 3.01. The molecule has 6 nitrogen and oxygen atoms in total. The van der Waals surface area contributed by atoms with Crippen LogP contribution in [0.1, 0.15) is 28.7 Å². The van der Waals surface area contributed by atoms with Crippen LogP contribution in [0.3, 0.4) is 0 Å². The van der Waals surface area contributed by atoms with E-state index in [1.807, 2.05) is 18.2 Å². The van der Waals surface area contributed by atoms with E-state index >= 15 is 0 Å². The van der Waals surface area contributed by atoms with Gasteiger partial charge >= 0.3 is 0 Å². The van der Waals surface area contributed by atoms with Crippen molar-refractivity contribution in [3.63, 3.8) is 0 Å². The van der Waals surface area contributed by atoms with Crippen molar-refractivity contribution in [2.45, 2.75) is 20.0 Å². The minimum atomic E-state index is -0.341. The highest BCUT2D eigenvalue weighted by Gasteiger charge is 2.09. The van der Waals surface area contributed by atoms with Crippen molar-refractivity contribution in [1.29, 1.82) is 0 Å². The summed E-state index contributed by atoms with van der Waals surface area (Å²) in [5, 5.41) is 0. The Morgan fingerprint density at radius 3 is 2.80 bits per heavy atom. The molecule has 0 aliphatic rings. The van der Waals surface area contributed by atoms with E-state index in [4.69, 9.17) is 10.3 Å². The van der Waals surface area contributed by atoms with Crippen LogP contribution in [0.25, 0.3) is 0 Å². The Morgan fingerprint density at radius 1 is 1.40 bits per heavy atom. The van der Waals surface area contributed by atoms with E-state index in [0.717, 1.165) is 24.5 Å². The third kappa shape index (κ3) is 3.66. The van der Waals surface area contributed by atoms with Gasteiger partial charge in [0.15, 0.2) is 0 Å². The Bertz CT molecular complexity index is 537. The average molecular weight is 274 g/mol. The van der Waals surface area contributed by atoms with Crippen molar-refractivity contribution in [2.24, 2.45) is 5.84 Å². The normalized spacial score (nSPS) is 10.8. The summed E-state index contributed by atoms with van der Waals surface area (Å²) in [4.78, 5) is 17.8. The van der Waals surface area contributed by atoms with Crippen LogP contribution in [0.4, 0.5) is 0 Å². The van der Waals surface area contributed by atoms with Crippen molar-refractivity contribution in [1.82, 2.24) is 15.3 Å². The molecule has 0 aliphatic heterocycles. The number of nitrogens with one attached hydrogen (secondary N) is 1. The fourth-order valence-corrected chi connectivity index (χ4v) is 1.87. The number of nitrogens with zero attached hydrogens (tertiary/aromatic N) is 2. The first kappa shape index (κ1) is 14.2. The zero-order valence-electron chi connectivity index (χ0n) is 11.4. The molecule has 1 amide bonds. The molecule has 2 aromatic heterocycles. The maximum Gasteiger partial charge on any atom is 0.266 e. The lowest BCUT2D eigenvalue weighted by atomic mass is 10.2. The van der Waals surface area contributed by atoms with Crippen LogP contribution < -0.4 is 11.3 Å². The zero-order chi connectivity index (χ0) is 14.4. The van der Waals surface area contributed by atoms with Gasteiger partial charge in [-0.25, -0.2) is 5.84 Å². The summed E-state index contributed by atoms with van der Waals surface area (Å²) in [6.07, 6.45) is 3.19. The fraction of sp³-hybridized carbons (Fsp3) is 0.286. The molecular weight excluding hydrogens is 256 g/mol. The van der Waals surface area contributed by atoms with Crippen molar-refractivity contribution >= 4 is 5.91 Å². The first-order chi connectivity index (χ1) is 9.72. The first-order valence-corrected chi connectivity index (χ1v) is 6.43. The van der Waals surface area contributed by atoms with Gasteiger partial charge in [0.25, 0.3) is 5.91 Å². The van der Waals surface area contributed by atoms with E-state index in [0.29, 0.717) is 12.1 Å². The number of hydrogen-bond donors (Lipinski definition) is 2. The Labute approximate surface area is 117 Å². The number of aromatic nitrogens is 1. The Morgan fingerprint density at radius 2 is 2.25 bits per heavy atom. The monoisotopic (exact) mass is 274 g/mol. The van der Waals surface area contributed by atoms with Crippen LogP contribution in [-0.4, -0.2) is 22.3 Å². The third-order valence-corrected chi connectivity index (χ3v) is 3.01. The van der Waals surface area contributed by atoms with Gasteiger partial charge in [-0.3, -0.25) is 20.1 Å². The number of carbonyl (C=O) groups excluding carboxylic acids is 1. The molecular formula is C14H18N4O2. The molecule has 0 fully saturated rings. The molecule has 0 radical (unpaired) electrons. The van der Waals surface area contributed by atoms with Crippen molar-refractivity contribution in [3.8, 4) is 0 Å². The van der Waals surface area contributed by atoms with Gasteiger partial charge in [-0.2, -0.15) is 0 Å². The summed E-state index contributed by atoms with van der Waals surface area (Å²) in [5.41, 5.74) is 3.43. The van der Waals surface area contributed by atoms with E-state index in [1.165, 1.54) is 6.20 Å². The molecule has 106 valence electrons. The number of pyridine rings is 1. The molecule has 3 N–H and O–H groups in total. The fourth-order valence-electron chi connectivity index (χ4n) is 1.87. The smallest absolute Gasteiger partial charge is 0.266 e. The van der Waals surface area contributed by atoms with Crippen molar-refractivity contribution in [2.75, 3.05) is 6.54 Å². The number of amides is 1. The largest absolute Gasteiger partial charge is 0.468 e. The topological polar surface area (TPSA) is 84.4 Å². The molecule has 0 saturated carbocycles. The van der Waals surface area contributed by atoms with Gasteiger partial charge in [0.05, 0.1) is 24.1 Å². The number of furan rings is 1. The highest BCUT2D eigenvalue weighted by atomic mass is 16.3. The summed E-state index contributed by atoms with van der Waals surface area (Å²) in [6, 6.07) is 7.37. The number of nitrogens with two attached hydrogens (primary N) is 1. The van der Waals surface area contributed by atoms with Crippen LogP contribution in [0.2, 0.25) is 0 Å². The molecule has 0 aliphatic carbocycles. The highest BCUT2D eigenvalue weighted by Crippen LogP contribution is 2.09. The van der Waals surface area contributed by atoms with Crippen LogP contribution in [0, 0.1) is 0 Å². The van der Waals surface area contributed by atoms with Crippen LogP contribution in [-0.2, 0) is 13.1 Å². The molecule has 2 rings (SSSR count). The molecule has 0 saturated heterocycles. The maximum atomic E-state index is 11.3. The van der Waals surface area contributed by atoms with Gasteiger partial charge in [-0.15, -0.1) is 0 Å². The summed E-state index contributed by atoms with van der Waals surface area (Å²) in [5.74, 6) is 5.66. The highest BCUT2D eigenvalue weighted by molar-refractivity contribution is 5.93. The van der Waals surface area contributed by atoms with Gasteiger partial charge in [0.2, 0.25) is 0 Å². The lowest BCUT2D eigenvalue weighted by Crippen LogP contribution is -2.30. The lowest BCUT2D eigenvalue weighted by Gasteiger charge is -2.18. The second-order valence-electron chi connectivity index (χ2n) is 4.39.